The maximum absolute atomic E-state index is 13.0. The van der Waals surface area contributed by atoms with Gasteiger partial charge in [0.15, 0.2) is 0 Å². The zero-order valence-electron chi connectivity index (χ0n) is 8.02. The van der Waals surface area contributed by atoms with Crippen LogP contribution in [0.4, 0.5) is 4.39 Å². The SMILES string of the molecule is CNCCOCc1cccc(F)c1Br. The number of ether oxygens (including phenoxy) is 1. The zero-order valence-corrected chi connectivity index (χ0v) is 9.60. The fourth-order valence-corrected chi connectivity index (χ4v) is 1.40. The van der Waals surface area contributed by atoms with Crippen LogP contribution in [0.25, 0.3) is 0 Å². The Morgan fingerprint density at radius 1 is 1.50 bits per heavy atom. The Labute approximate surface area is 91.6 Å². The van der Waals surface area contributed by atoms with Crippen LogP contribution in [0.15, 0.2) is 22.7 Å². The molecule has 0 aliphatic heterocycles. The highest BCUT2D eigenvalue weighted by atomic mass is 79.9. The standard InChI is InChI=1S/C10H13BrFNO/c1-13-5-6-14-7-8-3-2-4-9(12)10(8)11/h2-4,13H,5-7H2,1H3. The van der Waals surface area contributed by atoms with Crippen LogP contribution in [0.2, 0.25) is 0 Å². The molecule has 0 saturated carbocycles. The maximum Gasteiger partial charge on any atom is 0.137 e. The number of hydrogen-bond donors (Lipinski definition) is 1. The summed E-state index contributed by atoms with van der Waals surface area (Å²) in [4.78, 5) is 0. The molecule has 78 valence electrons. The summed E-state index contributed by atoms with van der Waals surface area (Å²) in [6.45, 7) is 1.85. The van der Waals surface area contributed by atoms with E-state index >= 15 is 0 Å². The maximum atomic E-state index is 13.0. The molecule has 0 amide bonds. The molecule has 4 heteroatoms. The summed E-state index contributed by atoms with van der Waals surface area (Å²) in [5.74, 6) is -0.250. The highest BCUT2D eigenvalue weighted by Crippen LogP contribution is 2.20. The van der Waals surface area contributed by atoms with Crippen molar-refractivity contribution in [2.24, 2.45) is 0 Å². The molecule has 1 aromatic rings. The monoisotopic (exact) mass is 261 g/mol. The van der Waals surface area contributed by atoms with Gasteiger partial charge in [-0.15, -0.1) is 0 Å². The molecular formula is C10H13BrFNO. The Hall–Kier alpha value is -0.450. The molecule has 14 heavy (non-hydrogen) atoms. The molecular weight excluding hydrogens is 249 g/mol. The average Bonchev–Trinajstić information content (AvgIpc) is 2.19. The first kappa shape index (κ1) is 11.6. The van der Waals surface area contributed by atoms with Crippen LogP contribution >= 0.6 is 15.9 Å². The Bertz CT molecular complexity index is 293. The van der Waals surface area contributed by atoms with Crippen molar-refractivity contribution in [2.75, 3.05) is 20.2 Å². The van der Waals surface area contributed by atoms with Crippen molar-refractivity contribution in [3.63, 3.8) is 0 Å². The van der Waals surface area contributed by atoms with Gasteiger partial charge in [0.25, 0.3) is 0 Å². The van der Waals surface area contributed by atoms with E-state index in [1.807, 2.05) is 13.1 Å². The van der Waals surface area contributed by atoms with Gasteiger partial charge in [0, 0.05) is 6.54 Å². The van der Waals surface area contributed by atoms with Gasteiger partial charge in [-0.3, -0.25) is 0 Å². The molecule has 1 aromatic carbocycles. The lowest BCUT2D eigenvalue weighted by atomic mass is 10.2. The highest BCUT2D eigenvalue weighted by molar-refractivity contribution is 9.10. The first-order valence-corrected chi connectivity index (χ1v) is 5.20. The van der Waals surface area contributed by atoms with E-state index in [4.69, 9.17) is 4.74 Å². The van der Waals surface area contributed by atoms with Gasteiger partial charge in [0.1, 0.15) is 5.82 Å². The van der Waals surface area contributed by atoms with Crippen LogP contribution in [0.1, 0.15) is 5.56 Å². The molecule has 0 aliphatic carbocycles. The number of benzene rings is 1. The summed E-state index contributed by atoms with van der Waals surface area (Å²) in [6, 6.07) is 4.94. The normalized spacial score (nSPS) is 10.5. The van der Waals surface area contributed by atoms with E-state index in [1.165, 1.54) is 6.07 Å². The summed E-state index contributed by atoms with van der Waals surface area (Å²) >= 11 is 3.18. The topological polar surface area (TPSA) is 21.3 Å². The van der Waals surface area contributed by atoms with Crippen molar-refractivity contribution < 1.29 is 9.13 Å². The van der Waals surface area contributed by atoms with Gasteiger partial charge in [-0.25, -0.2) is 4.39 Å². The van der Waals surface area contributed by atoms with Crippen LogP contribution in [-0.4, -0.2) is 20.2 Å². The fourth-order valence-electron chi connectivity index (χ4n) is 1.02. The van der Waals surface area contributed by atoms with E-state index in [0.29, 0.717) is 17.7 Å². The number of halogens is 2. The minimum absolute atomic E-state index is 0.250. The summed E-state index contributed by atoms with van der Waals surface area (Å²) in [6.07, 6.45) is 0. The summed E-state index contributed by atoms with van der Waals surface area (Å²) in [5, 5.41) is 2.97. The van der Waals surface area contributed by atoms with Gasteiger partial charge in [-0.05, 0) is 34.6 Å². The highest BCUT2D eigenvalue weighted by Gasteiger charge is 2.04. The molecule has 0 heterocycles. The van der Waals surface area contributed by atoms with Gasteiger partial charge in [0.2, 0.25) is 0 Å². The summed E-state index contributed by atoms with van der Waals surface area (Å²) in [7, 11) is 1.86. The van der Waals surface area contributed by atoms with Crippen LogP contribution in [0, 0.1) is 5.82 Å². The fraction of sp³-hybridized carbons (Fsp3) is 0.400. The second-order valence-corrected chi connectivity index (χ2v) is 3.66. The molecule has 0 unspecified atom stereocenters. The minimum atomic E-state index is -0.250. The van der Waals surface area contributed by atoms with Crippen molar-refractivity contribution in [1.29, 1.82) is 0 Å². The van der Waals surface area contributed by atoms with Crippen molar-refractivity contribution >= 4 is 15.9 Å². The van der Waals surface area contributed by atoms with Gasteiger partial charge in [0.05, 0.1) is 17.7 Å². The third-order valence-corrected chi connectivity index (χ3v) is 2.67. The Balaban J connectivity index is 2.46. The quantitative estimate of drug-likeness (QED) is 0.822. The Morgan fingerprint density at radius 2 is 2.29 bits per heavy atom. The molecule has 1 N–H and O–H groups in total. The van der Waals surface area contributed by atoms with Gasteiger partial charge < -0.3 is 10.1 Å². The third-order valence-electron chi connectivity index (χ3n) is 1.79. The molecule has 0 aromatic heterocycles. The predicted molar refractivity (Wildman–Crippen MR) is 57.7 cm³/mol. The number of likely N-dealkylation sites (N-methyl/N-ethyl adjacent to an activating group) is 1. The van der Waals surface area contributed by atoms with Gasteiger partial charge in [-0.2, -0.15) is 0 Å². The van der Waals surface area contributed by atoms with Crippen molar-refractivity contribution in [3.05, 3.63) is 34.1 Å². The molecule has 0 aliphatic rings. The second-order valence-electron chi connectivity index (χ2n) is 2.87. The lowest BCUT2D eigenvalue weighted by Crippen LogP contribution is -2.14. The molecule has 0 spiro atoms. The summed E-state index contributed by atoms with van der Waals surface area (Å²) in [5.41, 5.74) is 0.834. The van der Waals surface area contributed by atoms with Crippen LogP contribution in [0.3, 0.4) is 0 Å². The molecule has 2 nitrogen and oxygen atoms in total. The molecule has 1 rings (SSSR count). The van der Waals surface area contributed by atoms with Crippen molar-refractivity contribution in [2.45, 2.75) is 6.61 Å². The smallest absolute Gasteiger partial charge is 0.137 e. The number of rotatable bonds is 5. The van der Waals surface area contributed by atoms with Gasteiger partial charge in [-0.1, -0.05) is 12.1 Å². The molecule has 0 saturated heterocycles. The first-order valence-electron chi connectivity index (χ1n) is 4.41. The second kappa shape index (κ2) is 6.11. The van der Waals surface area contributed by atoms with Crippen LogP contribution in [-0.2, 0) is 11.3 Å². The zero-order chi connectivity index (χ0) is 10.4. The van der Waals surface area contributed by atoms with E-state index < -0.39 is 0 Å². The minimum Gasteiger partial charge on any atom is -0.375 e. The summed E-state index contributed by atoms with van der Waals surface area (Å²) < 4.78 is 18.9. The molecule has 0 radical (unpaired) electrons. The largest absolute Gasteiger partial charge is 0.375 e. The van der Waals surface area contributed by atoms with Crippen LogP contribution in [0.5, 0.6) is 0 Å². The van der Waals surface area contributed by atoms with E-state index in [-0.39, 0.29) is 5.82 Å². The van der Waals surface area contributed by atoms with Crippen molar-refractivity contribution in [3.8, 4) is 0 Å². The van der Waals surface area contributed by atoms with Crippen LogP contribution < -0.4 is 5.32 Å². The molecule has 0 atom stereocenters. The van der Waals surface area contributed by atoms with E-state index in [1.54, 1.807) is 6.07 Å². The van der Waals surface area contributed by atoms with E-state index in [0.717, 1.165) is 12.1 Å². The average molecular weight is 262 g/mol. The number of nitrogens with one attached hydrogen (secondary N) is 1. The molecule has 0 fully saturated rings. The lowest BCUT2D eigenvalue weighted by Gasteiger charge is -2.06. The lowest BCUT2D eigenvalue weighted by molar-refractivity contribution is 0.123. The third kappa shape index (κ3) is 3.36. The van der Waals surface area contributed by atoms with Gasteiger partial charge >= 0.3 is 0 Å². The molecule has 0 bridgehead atoms. The van der Waals surface area contributed by atoms with E-state index in [9.17, 15) is 4.39 Å². The number of hydrogen-bond acceptors (Lipinski definition) is 2. The Morgan fingerprint density at radius 3 is 3.00 bits per heavy atom. The van der Waals surface area contributed by atoms with E-state index in [2.05, 4.69) is 21.2 Å². The first-order chi connectivity index (χ1) is 6.75. The predicted octanol–water partition coefficient (Wildman–Crippen LogP) is 2.32. The van der Waals surface area contributed by atoms with Crippen molar-refractivity contribution in [1.82, 2.24) is 5.32 Å². The Kier molecular flexibility index (Phi) is 5.07.